The van der Waals surface area contributed by atoms with E-state index in [4.69, 9.17) is 5.11 Å². The van der Waals surface area contributed by atoms with Crippen LogP contribution >= 0.6 is 0 Å². The first-order valence-electron chi connectivity index (χ1n) is 5.19. The highest BCUT2D eigenvalue weighted by molar-refractivity contribution is 5.80. The second-order valence-electron chi connectivity index (χ2n) is 3.56. The zero-order chi connectivity index (χ0) is 11.1. The third-order valence-electron chi connectivity index (χ3n) is 2.20. The third kappa shape index (κ3) is 4.58. The van der Waals surface area contributed by atoms with E-state index in [1.54, 1.807) is 0 Å². The minimum Gasteiger partial charge on any atom is -0.391 e. The fourth-order valence-corrected chi connectivity index (χ4v) is 1.27. The van der Waals surface area contributed by atoms with Crippen LogP contribution in [-0.4, -0.2) is 34.4 Å². The molecule has 4 heteroatoms. The zero-order valence-electron chi connectivity index (χ0n) is 9.16. The fourth-order valence-electron chi connectivity index (χ4n) is 1.27. The van der Waals surface area contributed by atoms with Gasteiger partial charge in [0.05, 0.1) is 12.1 Å². The molecule has 0 spiro atoms. The molecule has 3 atom stereocenters. The highest BCUT2D eigenvalue weighted by atomic mass is 16.3. The number of aliphatic hydroxyl groups is 2. The van der Waals surface area contributed by atoms with Crippen LogP contribution in [0.1, 0.15) is 40.0 Å². The van der Waals surface area contributed by atoms with Crippen LogP contribution in [0.2, 0.25) is 0 Å². The van der Waals surface area contributed by atoms with Crippen molar-refractivity contribution in [2.75, 3.05) is 0 Å². The molecule has 0 rings (SSSR count). The summed E-state index contributed by atoms with van der Waals surface area (Å²) in [6, 6.07) is -0.253. The quantitative estimate of drug-likeness (QED) is 0.586. The SMILES string of the molecule is CCCC(O)C(CC)NC(=O)C(C)O. The van der Waals surface area contributed by atoms with Crippen LogP contribution in [0.5, 0.6) is 0 Å². The van der Waals surface area contributed by atoms with Gasteiger partial charge in [-0.1, -0.05) is 20.3 Å². The minimum atomic E-state index is -1.02. The van der Waals surface area contributed by atoms with Crippen molar-refractivity contribution < 1.29 is 15.0 Å². The number of rotatable bonds is 6. The second-order valence-corrected chi connectivity index (χ2v) is 3.56. The molecule has 0 aromatic carbocycles. The normalized spacial score (nSPS) is 17.2. The van der Waals surface area contributed by atoms with E-state index in [0.717, 1.165) is 6.42 Å². The van der Waals surface area contributed by atoms with Crippen LogP contribution in [0.4, 0.5) is 0 Å². The molecule has 0 aliphatic carbocycles. The van der Waals surface area contributed by atoms with E-state index in [1.165, 1.54) is 6.92 Å². The molecule has 0 fully saturated rings. The van der Waals surface area contributed by atoms with Gasteiger partial charge in [0.25, 0.3) is 0 Å². The van der Waals surface area contributed by atoms with Crippen molar-refractivity contribution in [3.8, 4) is 0 Å². The topological polar surface area (TPSA) is 69.6 Å². The van der Waals surface area contributed by atoms with Crippen molar-refractivity contribution in [2.24, 2.45) is 0 Å². The number of carbonyl (C=O) groups is 1. The van der Waals surface area contributed by atoms with E-state index in [2.05, 4.69) is 5.32 Å². The predicted molar refractivity (Wildman–Crippen MR) is 54.8 cm³/mol. The predicted octanol–water partition coefficient (Wildman–Crippen LogP) is 0.423. The van der Waals surface area contributed by atoms with Crippen LogP contribution < -0.4 is 5.32 Å². The average Bonchev–Trinajstić information content (AvgIpc) is 2.13. The maximum Gasteiger partial charge on any atom is 0.248 e. The Bertz CT molecular complexity index is 171. The van der Waals surface area contributed by atoms with Gasteiger partial charge in [-0.2, -0.15) is 0 Å². The van der Waals surface area contributed by atoms with Gasteiger partial charge in [-0.25, -0.2) is 0 Å². The molecule has 0 heterocycles. The Morgan fingerprint density at radius 2 is 1.93 bits per heavy atom. The number of aliphatic hydroxyl groups excluding tert-OH is 2. The Morgan fingerprint density at radius 1 is 1.36 bits per heavy atom. The molecule has 0 aliphatic heterocycles. The van der Waals surface area contributed by atoms with Crippen molar-refractivity contribution in [3.05, 3.63) is 0 Å². The molecule has 0 saturated heterocycles. The van der Waals surface area contributed by atoms with E-state index in [1.807, 2.05) is 13.8 Å². The van der Waals surface area contributed by atoms with Crippen molar-refractivity contribution in [1.82, 2.24) is 5.32 Å². The zero-order valence-corrected chi connectivity index (χ0v) is 9.16. The van der Waals surface area contributed by atoms with E-state index < -0.39 is 18.1 Å². The van der Waals surface area contributed by atoms with Gasteiger partial charge in [0, 0.05) is 0 Å². The summed E-state index contributed by atoms with van der Waals surface area (Å²) >= 11 is 0. The number of carbonyl (C=O) groups excluding carboxylic acids is 1. The molecule has 0 saturated carbocycles. The largest absolute Gasteiger partial charge is 0.391 e. The molecular formula is C10H21NO3. The van der Waals surface area contributed by atoms with Crippen LogP contribution in [0.15, 0.2) is 0 Å². The van der Waals surface area contributed by atoms with Gasteiger partial charge in [0.1, 0.15) is 6.10 Å². The molecule has 0 aliphatic rings. The van der Waals surface area contributed by atoms with E-state index >= 15 is 0 Å². The Balaban J connectivity index is 4.07. The first kappa shape index (κ1) is 13.4. The highest BCUT2D eigenvalue weighted by Crippen LogP contribution is 2.05. The summed E-state index contributed by atoms with van der Waals surface area (Å²) in [7, 11) is 0. The van der Waals surface area contributed by atoms with E-state index in [0.29, 0.717) is 12.8 Å². The summed E-state index contributed by atoms with van der Waals surface area (Å²) in [5, 5.41) is 21.2. The summed E-state index contributed by atoms with van der Waals surface area (Å²) in [5.41, 5.74) is 0. The smallest absolute Gasteiger partial charge is 0.248 e. The van der Waals surface area contributed by atoms with Gasteiger partial charge in [0.2, 0.25) is 5.91 Å². The van der Waals surface area contributed by atoms with Crippen molar-refractivity contribution in [2.45, 2.75) is 58.3 Å². The summed E-state index contributed by atoms with van der Waals surface area (Å²) in [6.07, 6.45) is 0.672. The number of hydrogen-bond donors (Lipinski definition) is 3. The minimum absolute atomic E-state index is 0.253. The Kier molecular flexibility index (Phi) is 6.49. The Hall–Kier alpha value is -0.610. The molecule has 0 radical (unpaired) electrons. The van der Waals surface area contributed by atoms with Crippen LogP contribution in [0.25, 0.3) is 0 Å². The summed E-state index contributed by atoms with van der Waals surface area (Å²) < 4.78 is 0. The number of nitrogens with one attached hydrogen (secondary N) is 1. The average molecular weight is 203 g/mol. The summed E-state index contributed by atoms with van der Waals surface area (Å²) in [5.74, 6) is -0.424. The van der Waals surface area contributed by atoms with E-state index in [-0.39, 0.29) is 6.04 Å². The molecule has 3 N–H and O–H groups in total. The van der Waals surface area contributed by atoms with Gasteiger partial charge in [-0.15, -0.1) is 0 Å². The third-order valence-corrected chi connectivity index (χ3v) is 2.20. The van der Waals surface area contributed by atoms with Gasteiger partial charge in [-0.05, 0) is 19.8 Å². The molecule has 3 unspecified atom stereocenters. The number of amides is 1. The molecule has 1 amide bonds. The van der Waals surface area contributed by atoms with Gasteiger partial charge in [0.15, 0.2) is 0 Å². The molecule has 4 nitrogen and oxygen atoms in total. The van der Waals surface area contributed by atoms with Crippen LogP contribution in [0.3, 0.4) is 0 Å². The lowest BCUT2D eigenvalue weighted by Gasteiger charge is -2.23. The van der Waals surface area contributed by atoms with Crippen LogP contribution in [0, 0.1) is 0 Å². The standard InChI is InChI=1S/C10H21NO3/c1-4-6-9(13)8(5-2)11-10(14)7(3)12/h7-9,12-13H,4-6H2,1-3H3,(H,11,14). The molecule has 14 heavy (non-hydrogen) atoms. The van der Waals surface area contributed by atoms with Crippen molar-refractivity contribution >= 4 is 5.91 Å². The monoisotopic (exact) mass is 203 g/mol. The molecule has 0 aromatic heterocycles. The molecule has 0 aromatic rings. The Morgan fingerprint density at radius 3 is 2.29 bits per heavy atom. The Labute approximate surface area is 85.3 Å². The van der Waals surface area contributed by atoms with Crippen molar-refractivity contribution in [1.29, 1.82) is 0 Å². The second kappa shape index (κ2) is 6.79. The van der Waals surface area contributed by atoms with Crippen molar-refractivity contribution in [3.63, 3.8) is 0 Å². The summed E-state index contributed by atoms with van der Waals surface area (Å²) in [6.45, 7) is 5.28. The van der Waals surface area contributed by atoms with E-state index in [9.17, 15) is 9.90 Å². The maximum absolute atomic E-state index is 11.1. The number of hydrogen-bond acceptors (Lipinski definition) is 3. The van der Waals surface area contributed by atoms with Crippen LogP contribution in [-0.2, 0) is 4.79 Å². The lowest BCUT2D eigenvalue weighted by atomic mass is 10.0. The molecule has 0 bridgehead atoms. The first-order valence-corrected chi connectivity index (χ1v) is 5.19. The first-order chi connectivity index (χ1) is 6.52. The van der Waals surface area contributed by atoms with Gasteiger partial charge < -0.3 is 15.5 Å². The highest BCUT2D eigenvalue weighted by Gasteiger charge is 2.20. The fraction of sp³-hybridized carbons (Fsp3) is 0.900. The van der Waals surface area contributed by atoms with Gasteiger partial charge in [-0.3, -0.25) is 4.79 Å². The lowest BCUT2D eigenvalue weighted by molar-refractivity contribution is -0.130. The summed E-state index contributed by atoms with van der Waals surface area (Å²) in [4.78, 5) is 11.1. The maximum atomic E-state index is 11.1. The lowest BCUT2D eigenvalue weighted by Crippen LogP contribution is -2.46. The van der Waals surface area contributed by atoms with Gasteiger partial charge >= 0.3 is 0 Å². The molecule has 84 valence electrons. The molecular weight excluding hydrogens is 182 g/mol.